The van der Waals surface area contributed by atoms with E-state index in [0.717, 1.165) is 11.3 Å². The first kappa shape index (κ1) is 16.5. The van der Waals surface area contributed by atoms with Gasteiger partial charge in [0.25, 0.3) is 0 Å². The zero-order valence-corrected chi connectivity index (χ0v) is 15.2. The molecule has 2 heterocycles. The molecule has 7 heteroatoms. The molecule has 5 nitrogen and oxygen atoms in total. The molecule has 0 saturated carbocycles. The third-order valence-electron chi connectivity index (χ3n) is 4.11. The third kappa shape index (κ3) is 2.81. The van der Waals surface area contributed by atoms with Crippen LogP contribution in [0.3, 0.4) is 0 Å². The van der Waals surface area contributed by atoms with E-state index in [-0.39, 0.29) is 5.37 Å². The number of hydrogen-bond donors (Lipinski definition) is 0. The highest BCUT2D eigenvalue weighted by Gasteiger charge is 2.39. The van der Waals surface area contributed by atoms with Gasteiger partial charge in [0.1, 0.15) is 4.90 Å². The van der Waals surface area contributed by atoms with E-state index in [4.69, 9.17) is 0 Å². The number of aromatic nitrogens is 2. The summed E-state index contributed by atoms with van der Waals surface area (Å²) in [6.07, 6.45) is 0. The monoisotopic (exact) mass is 351 g/mol. The lowest BCUT2D eigenvalue weighted by Crippen LogP contribution is -2.31. The fourth-order valence-corrected chi connectivity index (χ4v) is 6.68. The fraction of sp³-hybridized carbons (Fsp3) is 0.438. The van der Waals surface area contributed by atoms with Crippen LogP contribution in [0.1, 0.15) is 29.2 Å². The summed E-state index contributed by atoms with van der Waals surface area (Å²) >= 11 is 1.67. The molecule has 1 unspecified atom stereocenters. The molecule has 0 bridgehead atoms. The molecule has 1 atom stereocenters. The van der Waals surface area contributed by atoms with Crippen LogP contribution in [0.5, 0.6) is 0 Å². The van der Waals surface area contributed by atoms with E-state index >= 15 is 0 Å². The van der Waals surface area contributed by atoms with Crippen LogP contribution in [0.2, 0.25) is 0 Å². The van der Waals surface area contributed by atoms with Crippen LogP contribution < -0.4 is 0 Å². The van der Waals surface area contributed by atoms with Gasteiger partial charge in [-0.25, -0.2) is 8.42 Å². The van der Waals surface area contributed by atoms with Crippen molar-refractivity contribution in [1.29, 1.82) is 0 Å². The van der Waals surface area contributed by atoms with Crippen LogP contribution in [-0.2, 0) is 16.6 Å². The van der Waals surface area contributed by atoms with Gasteiger partial charge in [0.2, 0.25) is 10.0 Å². The Labute approximate surface area is 141 Å². The minimum absolute atomic E-state index is 0.162. The Morgan fingerprint density at radius 2 is 1.96 bits per heavy atom. The van der Waals surface area contributed by atoms with E-state index in [1.54, 1.807) is 27.7 Å². The Kier molecular flexibility index (Phi) is 4.53. The molecule has 1 fully saturated rings. The molecule has 1 aromatic carbocycles. The van der Waals surface area contributed by atoms with Crippen molar-refractivity contribution in [2.24, 2.45) is 0 Å². The lowest BCUT2D eigenvalue weighted by Gasteiger charge is -2.23. The van der Waals surface area contributed by atoms with Crippen molar-refractivity contribution < 1.29 is 8.42 Å². The van der Waals surface area contributed by atoms with E-state index in [9.17, 15) is 8.42 Å². The summed E-state index contributed by atoms with van der Waals surface area (Å²) in [5, 5.41) is 4.21. The highest BCUT2D eigenvalue weighted by Crippen LogP contribution is 2.42. The lowest BCUT2D eigenvalue weighted by atomic mass is 10.2. The summed E-state index contributed by atoms with van der Waals surface area (Å²) in [4.78, 5) is 0.364. The van der Waals surface area contributed by atoms with Gasteiger partial charge in [-0.2, -0.15) is 9.40 Å². The maximum absolute atomic E-state index is 13.2. The minimum atomic E-state index is -3.56. The van der Waals surface area contributed by atoms with Crippen molar-refractivity contribution in [3.63, 3.8) is 0 Å². The van der Waals surface area contributed by atoms with Crippen molar-refractivity contribution in [3.05, 3.63) is 47.3 Å². The maximum atomic E-state index is 13.2. The summed E-state index contributed by atoms with van der Waals surface area (Å²) in [5.74, 6) is 0.804. The van der Waals surface area contributed by atoms with Crippen LogP contribution in [0, 0.1) is 13.8 Å². The predicted molar refractivity (Wildman–Crippen MR) is 92.9 cm³/mol. The standard InChI is InChI=1S/C16H21N3O2S2/c1-4-18-13(3)15(12(2)17-18)23(20,21)19-10-11-22-16(19)14-8-6-5-7-9-14/h5-9,16H,4,10-11H2,1-3H3. The average Bonchev–Trinajstić information content (AvgIpc) is 3.13. The van der Waals surface area contributed by atoms with Crippen molar-refractivity contribution >= 4 is 21.8 Å². The number of sulfonamides is 1. The molecule has 0 amide bonds. The zero-order valence-electron chi connectivity index (χ0n) is 13.6. The molecule has 0 radical (unpaired) electrons. The summed E-state index contributed by atoms with van der Waals surface area (Å²) < 4.78 is 29.9. The summed E-state index contributed by atoms with van der Waals surface area (Å²) in [6, 6.07) is 9.82. The second-order valence-electron chi connectivity index (χ2n) is 5.57. The molecule has 3 rings (SSSR count). The SMILES string of the molecule is CCn1nc(C)c(S(=O)(=O)N2CCSC2c2ccccc2)c1C. The second-order valence-corrected chi connectivity index (χ2v) is 8.58. The van der Waals surface area contributed by atoms with Crippen molar-refractivity contribution in [3.8, 4) is 0 Å². The summed E-state index contributed by atoms with van der Waals surface area (Å²) in [5.41, 5.74) is 2.32. The van der Waals surface area contributed by atoms with Gasteiger partial charge in [-0.3, -0.25) is 4.68 Å². The Hall–Kier alpha value is -1.31. The van der Waals surface area contributed by atoms with Crippen molar-refractivity contribution in [2.75, 3.05) is 12.3 Å². The van der Waals surface area contributed by atoms with Gasteiger partial charge in [-0.15, -0.1) is 11.8 Å². The largest absolute Gasteiger partial charge is 0.268 e. The number of benzene rings is 1. The Morgan fingerprint density at radius 1 is 1.26 bits per heavy atom. The number of aryl methyl sites for hydroxylation is 2. The van der Waals surface area contributed by atoms with E-state index in [2.05, 4.69) is 5.10 Å². The van der Waals surface area contributed by atoms with Gasteiger partial charge in [0, 0.05) is 18.8 Å². The molecule has 0 N–H and O–H groups in total. The van der Waals surface area contributed by atoms with Gasteiger partial charge < -0.3 is 0 Å². The number of rotatable bonds is 4. The second kappa shape index (κ2) is 6.30. The Balaban J connectivity index is 2.04. The molecular formula is C16H21N3O2S2. The maximum Gasteiger partial charge on any atom is 0.248 e. The first-order valence-corrected chi connectivity index (χ1v) is 10.2. The van der Waals surface area contributed by atoms with Crippen LogP contribution in [0.15, 0.2) is 35.2 Å². The molecule has 1 aliphatic heterocycles. The van der Waals surface area contributed by atoms with Crippen LogP contribution in [-0.4, -0.2) is 34.8 Å². The summed E-state index contributed by atoms with van der Waals surface area (Å²) in [7, 11) is -3.56. The number of nitrogens with zero attached hydrogens (tertiary/aromatic N) is 3. The van der Waals surface area contributed by atoms with E-state index in [1.165, 1.54) is 0 Å². The molecule has 1 aromatic heterocycles. The first-order chi connectivity index (χ1) is 11.0. The summed E-state index contributed by atoms with van der Waals surface area (Å²) in [6.45, 7) is 6.76. The first-order valence-electron chi connectivity index (χ1n) is 7.69. The quantitative estimate of drug-likeness (QED) is 0.850. The molecule has 0 aliphatic carbocycles. The van der Waals surface area contributed by atoms with Crippen LogP contribution >= 0.6 is 11.8 Å². The van der Waals surface area contributed by atoms with Crippen LogP contribution in [0.25, 0.3) is 0 Å². The topological polar surface area (TPSA) is 55.2 Å². The van der Waals surface area contributed by atoms with Gasteiger partial charge in [0.05, 0.1) is 16.8 Å². The van der Waals surface area contributed by atoms with Gasteiger partial charge in [0.15, 0.2) is 0 Å². The van der Waals surface area contributed by atoms with Gasteiger partial charge in [-0.1, -0.05) is 30.3 Å². The van der Waals surface area contributed by atoms with E-state index < -0.39 is 10.0 Å². The molecule has 2 aromatic rings. The fourth-order valence-electron chi connectivity index (χ4n) is 3.06. The third-order valence-corrected chi connectivity index (χ3v) is 7.63. The molecule has 1 aliphatic rings. The van der Waals surface area contributed by atoms with Gasteiger partial charge in [-0.05, 0) is 26.3 Å². The normalized spacial score (nSPS) is 19.3. The zero-order chi connectivity index (χ0) is 16.6. The van der Waals surface area contributed by atoms with E-state index in [0.29, 0.717) is 29.4 Å². The lowest BCUT2D eigenvalue weighted by molar-refractivity contribution is 0.433. The van der Waals surface area contributed by atoms with Crippen LogP contribution in [0.4, 0.5) is 0 Å². The van der Waals surface area contributed by atoms with Gasteiger partial charge >= 0.3 is 0 Å². The van der Waals surface area contributed by atoms with Crippen molar-refractivity contribution in [2.45, 2.75) is 37.6 Å². The van der Waals surface area contributed by atoms with Crippen molar-refractivity contribution in [1.82, 2.24) is 14.1 Å². The highest BCUT2D eigenvalue weighted by atomic mass is 32.2. The minimum Gasteiger partial charge on any atom is -0.268 e. The molecule has 0 spiro atoms. The predicted octanol–water partition coefficient (Wildman–Crippen LogP) is 2.96. The Morgan fingerprint density at radius 3 is 2.57 bits per heavy atom. The number of hydrogen-bond acceptors (Lipinski definition) is 4. The highest BCUT2D eigenvalue weighted by molar-refractivity contribution is 8.01. The smallest absolute Gasteiger partial charge is 0.248 e. The molecule has 23 heavy (non-hydrogen) atoms. The average molecular weight is 351 g/mol. The number of thioether (sulfide) groups is 1. The molecular weight excluding hydrogens is 330 g/mol. The molecule has 1 saturated heterocycles. The molecule has 124 valence electrons. The Bertz CT molecular complexity index is 800. The van der Waals surface area contributed by atoms with E-state index in [1.807, 2.05) is 44.2 Å².